The molecule has 3 rings (SSSR count). The highest BCUT2D eigenvalue weighted by Crippen LogP contribution is 2.22. The second kappa shape index (κ2) is 13.6. The summed E-state index contributed by atoms with van der Waals surface area (Å²) in [5.41, 5.74) is 7.05. The summed E-state index contributed by atoms with van der Waals surface area (Å²) in [7, 11) is 3.38. The molecule has 3 aromatic rings. The number of ether oxygens (including phenoxy) is 1. The number of nitrogens with zero attached hydrogens (tertiary/aromatic N) is 4. The highest BCUT2D eigenvalue weighted by Gasteiger charge is 2.04. The van der Waals surface area contributed by atoms with Crippen molar-refractivity contribution in [3.05, 3.63) is 89.5 Å². The first-order valence-corrected chi connectivity index (χ1v) is 10.5. The van der Waals surface area contributed by atoms with Crippen molar-refractivity contribution in [2.45, 2.75) is 6.92 Å². The van der Waals surface area contributed by atoms with Crippen molar-refractivity contribution in [1.82, 2.24) is 10.3 Å². The molecule has 0 radical (unpaired) electrons. The Kier molecular flexibility index (Phi) is 10.2. The van der Waals surface area contributed by atoms with Crippen molar-refractivity contribution < 1.29 is 14.3 Å². The number of nitriles is 2. The van der Waals surface area contributed by atoms with Gasteiger partial charge in [-0.15, -0.1) is 0 Å². The number of hydrogen-bond donors (Lipinski definition) is 1. The topological polar surface area (TPSA) is 119 Å². The number of carbonyl (C=O) groups excluding carboxylic acids is 2. The van der Waals surface area contributed by atoms with Gasteiger partial charge in [0.2, 0.25) is 6.41 Å². The molecule has 0 unspecified atom stereocenters. The van der Waals surface area contributed by atoms with Crippen molar-refractivity contribution >= 4 is 18.0 Å². The zero-order valence-electron chi connectivity index (χ0n) is 19.7. The molecule has 0 spiro atoms. The molecule has 0 aliphatic rings. The van der Waals surface area contributed by atoms with E-state index >= 15 is 0 Å². The fourth-order valence-corrected chi connectivity index (χ4v) is 2.66. The summed E-state index contributed by atoms with van der Waals surface area (Å²) in [6.07, 6.45) is 0.750. The zero-order valence-corrected chi connectivity index (χ0v) is 19.7. The molecular formula is C27H25N5O3. The molecule has 0 saturated carbocycles. The number of amides is 2. The molecule has 1 N–H and O–H groups in total. The van der Waals surface area contributed by atoms with Crippen LogP contribution in [-0.2, 0) is 9.59 Å². The third-order valence-electron chi connectivity index (χ3n) is 4.56. The number of nitrogens with one attached hydrogen (secondary N) is 1. The van der Waals surface area contributed by atoms with Crippen LogP contribution in [0.25, 0.3) is 11.1 Å². The highest BCUT2D eigenvalue weighted by atomic mass is 16.5. The van der Waals surface area contributed by atoms with Gasteiger partial charge in [-0.3, -0.25) is 9.59 Å². The molecule has 8 heteroatoms. The van der Waals surface area contributed by atoms with Gasteiger partial charge >= 0.3 is 0 Å². The Bertz CT molecular complexity index is 1230. The maximum absolute atomic E-state index is 12.0. The van der Waals surface area contributed by atoms with E-state index in [2.05, 4.69) is 22.7 Å². The average Bonchev–Trinajstić information content (AvgIpc) is 2.91. The van der Waals surface area contributed by atoms with Gasteiger partial charge in [-0.25, -0.2) is 5.43 Å². The molecule has 0 aliphatic heterocycles. The molecule has 0 heterocycles. The van der Waals surface area contributed by atoms with Gasteiger partial charge in [0.05, 0.1) is 29.0 Å². The Morgan fingerprint density at radius 1 is 0.914 bits per heavy atom. The Labute approximate surface area is 204 Å². The van der Waals surface area contributed by atoms with E-state index in [-0.39, 0.29) is 12.5 Å². The summed E-state index contributed by atoms with van der Waals surface area (Å²) in [6.45, 7) is 1.60. The minimum atomic E-state index is -0.376. The molecule has 0 fully saturated rings. The fourth-order valence-electron chi connectivity index (χ4n) is 2.66. The van der Waals surface area contributed by atoms with E-state index in [1.165, 1.54) is 4.90 Å². The largest absolute Gasteiger partial charge is 0.484 e. The minimum absolute atomic E-state index is 0.166. The maximum atomic E-state index is 12.0. The molecule has 3 aromatic carbocycles. The predicted molar refractivity (Wildman–Crippen MR) is 133 cm³/mol. The van der Waals surface area contributed by atoms with Crippen LogP contribution in [-0.4, -0.2) is 43.6 Å². The second-order valence-electron chi connectivity index (χ2n) is 7.49. The Morgan fingerprint density at radius 2 is 1.37 bits per heavy atom. The highest BCUT2D eigenvalue weighted by molar-refractivity contribution is 5.99. The van der Waals surface area contributed by atoms with Crippen LogP contribution in [0.2, 0.25) is 0 Å². The van der Waals surface area contributed by atoms with Gasteiger partial charge in [0.1, 0.15) is 5.75 Å². The van der Waals surface area contributed by atoms with E-state index in [4.69, 9.17) is 15.3 Å². The first-order chi connectivity index (χ1) is 16.9. The number of rotatable bonds is 7. The van der Waals surface area contributed by atoms with Crippen molar-refractivity contribution in [3.63, 3.8) is 0 Å². The van der Waals surface area contributed by atoms with Crippen molar-refractivity contribution in [1.29, 1.82) is 10.5 Å². The van der Waals surface area contributed by atoms with E-state index in [0.717, 1.165) is 23.1 Å². The molecule has 0 saturated heterocycles. The Hall–Kier alpha value is -4.95. The van der Waals surface area contributed by atoms with Crippen LogP contribution in [0.15, 0.2) is 77.9 Å². The van der Waals surface area contributed by atoms with E-state index in [1.54, 1.807) is 69.6 Å². The monoisotopic (exact) mass is 467 g/mol. The molecule has 0 bridgehead atoms. The van der Waals surface area contributed by atoms with Crippen LogP contribution in [0.1, 0.15) is 23.6 Å². The number of carbonyl (C=O) groups is 2. The lowest BCUT2D eigenvalue weighted by molar-refractivity contribution is -0.123. The SMILES string of the molecule is C/C(=N/NC(=O)COc1ccc(-c2ccc(C#N)cc2)cc1)c1ccc(C#N)cc1.CN(C)C=O. The standard InChI is InChI=1S/C24H18N4O2.C3H7NO/c1-17(20-6-2-18(14-25)3-7-20)27-28-24(29)16-30-23-12-10-22(11-13-23)21-8-4-19(15-26)5-9-21;1-4(2)3-5/h2-13H,16H2,1H3,(H,28,29);3H,1-2H3/b27-17-;. The summed E-state index contributed by atoms with van der Waals surface area (Å²) in [5.74, 6) is 0.189. The summed E-state index contributed by atoms with van der Waals surface area (Å²) in [6, 6.07) is 25.7. The van der Waals surface area contributed by atoms with Gasteiger partial charge < -0.3 is 9.64 Å². The first kappa shape index (κ1) is 26.3. The van der Waals surface area contributed by atoms with E-state index < -0.39 is 0 Å². The zero-order chi connectivity index (χ0) is 25.6. The van der Waals surface area contributed by atoms with Crippen LogP contribution < -0.4 is 10.2 Å². The van der Waals surface area contributed by atoms with Gasteiger partial charge in [0.25, 0.3) is 5.91 Å². The predicted octanol–water partition coefficient (Wildman–Crippen LogP) is 3.72. The van der Waals surface area contributed by atoms with Gasteiger partial charge in [-0.2, -0.15) is 15.6 Å². The summed E-state index contributed by atoms with van der Waals surface area (Å²) < 4.78 is 5.50. The molecule has 176 valence electrons. The summed E-state index contributed by atoms with van der Waals surface area (Å²) in [4.78, 5) is 22.9. The van der Waals surface area contributed by atoms with Crippen LogP contribution >= 0.6 is 0 Å². The van der Waals surface area contributed by atoms with Gasteiger partial charge in [-0.05, 0) is 60.0 Å². The minimum Gasteiger partial charge on any atom is -0.484 e. The van der Waals surface area contributed by atoms with Crippen LogP contribution in [0.3, 0.4) is 0 Å². The Balaban J connectivity index is 0.000000784. The van der Waals surface area contributed by atoms with Crippen LogP contribution in [0, 0.1) is 22.7 Å². The lowest BCUT2D eigenvalue weighted by Gasteiger charge is -2.07. The molecule has 8 nitrogen and oxygen atoms in total. The third-order valence-corrected chi connectivity index (χ3v) is 4.56. The van der Waals surface area contributed by atoms with Crippen molar-refractivity contribution in [3.8, 4) is 29.0 Å². The van der Waals surface area contributed by atoms with Crippen molar-refractivity contribution in [2.75, 3.05) is 20.7 Å². The Morgan fingerprint density at radius 3 is 1.83 bits per heavy atom. The van der Waals surface area contributed by atoms with Gasteiger partial charge in [0.15, 0.2) is 6.61 Å². The van der Waals surface area contributed by atoms with Crippen LogP contribution in [0.4, 0.5) is 0 Å². The molecule has 0 aliphatic carbocycles. The summed E-state index contributed by atoms with van der Waals surface area (Å²) in [5, 5.41) is 21.8. The number of hydrogen-bond acceptors (Lipinski definition) is 6. The average molecular weight is 468 g/mol. The fraction of sp³-hybridized carbons (Fsp3) is 0.148. The number of hydrazone groups is 1. The first-order valence-electron chi connectivity index (χ1n) is 10.5. The molecular weight excluding hydrogens is 442 g/mol. The summed E-state index contributed by atoms with van der Waals surface area (Å²) >= 11 is 0. The van der Waals surface area contributed by atoms with Crippen molar-refractivity contribution in [2.24, 2.45) is 5.10 Å². The lowest BCUT2D eigenvalue weighted by Crippen LogP contribution is -2.25. The smallest absolute Gasteiger partial charge is 0.277 e. The molecule has 0 aromatic heterocycles. The lowest BCUT2D eigenvalue weighted by atomic mass is 10.0. The normalized spacial score (nSPS) is 10.0. The third kappa shape index (κ3) is 8.83. The quantitative estimate of drug-likeness (QED) is 0.323. The van der Waals surface area contributed by atoms with Crippen LogP contribution in [0.5, 0.6) is 5.75 Å². The molecule has 35 heavy (non-hydrogen) atoms. The second-order valence-corrected chi connectivity index (χ2v) is 7.49. The van der Waals surface area contributed by atoms with Gasteiger partial charge in [-0.1, -0.05) is 36.4 Å². The molecule has 0 atom stereocenters. The number of benzene rings is 3. The van der Waals surface area contributed by atoms with E-state index in [9.17, 15) is 9.59 Å². The van der Waals surface area contributed by atoms with E-state index in [0.29, 0.717) is 22.6 Å². The molecule has 2 amide bonds. The van der Waals surface area contributed by atoms with Gasteiger partial charge in [0, 0.05) is 14.1 Å². The van der Waals surface area contributed by atoms with E-state index in [1.807, 2.05) is 24.3 Å². The maximum Gasteiger partial charge on any atom is 0.277 e.